The maximum Gasteiger partial charge on any atom is 0.192 e. The zero-order chi connectivity index (χ0) is 11.1. The monoisotopic (exact) mass is 342 g/mol. The third-order valence-corrected chi connectivity index (χ3v) is 4.47. The van der Waals surface area contributed by atoms with E-state index < -0.39 is 0 Å². The molecule has 2 aromatic heterocycles. The van der Waals surface area contributed by atoms with E-state index in [-0.39, 0.29) is 0 Å². The quantitative estimate of drug-likeness (QED) is 0.686. The van der Waals surface area contributed by atoms with Crippen LogP contribution in [0.1, 0.15) is 0 Å². The number of hydrogen-bond acceptors (Lipinski definition) is 4. The molecule has 0 saturated carbocycles. The van der Waals surface area contributed by atoms with Crippen LogP contribution in [0.15, 0.2) is 34.9 Å². The highest BCUT2D eigenvalue weighted by Crippen LogP contribution is 2.37. The summed E-state index contributed by atoms with van der Waals surface area (Å²) in [5, 5.41) is 4.98. The molecule has 0 unspecified atom stereocenters. The van der Waals surface area contributed by atoms with Crippen molar-refractivity contribution in [2.75, 3.05) is 5.73 Å². The van der Waals surface area contributed by atoms with Gasteiger partial charge in [0.2, 0.25) is 0 Å². The van der Waals surface area contributed by atoms with E-state index in [4.69, 9.17) is 10.3 Å². The molecule has 0 aliphatic heterocycles. The number of nitrogens with two attached hydrogens (primary N) is 1. The molecule has 2 heterocycles. The summed E-state index contributed by atoms with van der Waals surface area (Å²) >= 11 is 3.84. The van der Waals surface area contributed by atoms with E-state index in [1.807, 2.05) is 12.1 Å². The van der Waals surface area contributed by atoms with Gasteiger partial charge in [-0.15, -0.1) is 11.3 Å². The van der Waals surface area contributed by atoms with Gasteiger partial charge in [0.05, 0.1) is 4.88 Å². The second-order valence-corrected chi connectivity index (χ2v) is 5.52. The highest BCUT2D eigenvalue weighted by Gasteiger charge is 2.15. The minimum Gasteiger partial charge on any atom is -0.380 e. The minimum absolute atomic E-state index is 0.452. The summed E-state index contributed by atoms with van der Waals surface area (Å²) in [5.41, 5.74) is 5.66. The standard InChI is InChI=1S/C11H7IN2OS/c12-9-10(15-14-11(9)13)8-5-6-3-1-2-4-7(6)16-8/h1-5H,(H2,13,14). The molecule has 0 atom stereocenters. The highest BCUT2D eigenvalue weighted by atomic mass is 127. The maximum atomic E-state index is 5.66. The molecule has 0 radical (unpaired) electrons. The number of fused-ring (bicyclic) bond motifs is 1. The number of anilines is 1. The molecule has 3 aromatic rings. The Morgan fingerprint density at radius 2 is 2.12 bits per heavy atom. The van der Waals surface area contributed by atoms with Crippen molar-refractivity contribution < 1.29 is 4.52 Å². The topological polar surface area (TPSA) is 52.0 Å². The van der Waals surface area contributed by atoms with Gasteiger partial charge < -0.3 is 10.3 Å². The molecule has 3 rings (SSSR count). The molecule has 80 valence electrons. The van der Waals surface area contributed by atoms with Crippen LogP contribution < -0.4 is 5.73 Å². The van der Waals surface area contributed by atoms with Crippen LogP contribution in [0.3, 0.4) is 0 Å². The number of nitrogens with zero attached hydrogens (tertiary/aromatic N) is 1. The second kappa shape index (κ2) is 3.74. The Labute approximate surface area is 109 Å². The van der Waals surface area contributed by atoms with Crippen molar-refractivity contribution in [1.29, 1.82) is 0 Å². The molecule has 3 nitrogen and oxygen atoms in total. The molecule has 0 spiro atoms. The van der Waals surface area contributed by atoms with E-state index in [2.05, 4.69) is 45.9 Å². The van der Waals surface area contributed by atoms with Crippen molar-refractivity contribution in [2.45, 2.75) is 0 Å². The van der Waals surface area contributed by atoms with Crippen molar-refractivity contribution in [1.82, 2.24) is 5.16 Å². The van der Waals surface area contributed by atoms with Gasteiger partial charge in [-0.2, -0.15) is 0 Å². The molecule has 16 heavy (non-hydrogen) atoms. The van der Waals surface area contributed by atoms with Crippen molar-refractivity contribution in [2.24, 2.45) is 0 Å². The number of aromatic nitrogens is 1. The Morgan fingerprint density at radius 1 is 1.31 bits per heavy atom. The number of benzene rings is 1. The molecular weight excluding hydrogens is 335 g/mol. The smallest absolute Gasteiger partial charge is 0.192 e. The molecule has 0 aliphatic rings. The van der Waals surface area contributed by atoms with Crippen molar-refractivity contribution >= 4 is 49.8 Å². The summed E-state index contributed by atoms with van der Waals surface area (Å²) in [4.78, 5) is 1.06. The van der Waals surface area contributed by atoms with Crippen LogP contribution in [-0.4, -0.2) is 5.16 Å². The third kappa shape index (κ3) is 1.51. The Balaban J connectivity index is 2.23. The van der Waals surface area contributed by atoms with Gasteiger partial charge in [-0.1, -0.05) is 23.4 Å². The van der Waals surface area contributed by atoms with Crippen molar-refractivity contribution in [3.63, 3.8) is 0 Å². The number of thiophene rings is 1. The molecule has 0 amide bonds. The molecule has 5 heteroatoms. The zero-order valence-corrected chi connectivity index (χ0v) is 11.1. The molecule has 2 N–H and O–H groups in total. The third-order valence-electron chi connectivity index (χ3n) is 2.31. The Kier molecular flexibility index (Phi) is 2.36. The van der Waals surface area contributed by atoms with Crippen molar-refractivity contribution in [3.8, 4) is 10.6 Å². The fourth-order valence-corrected chi connectivity index (χ4v) is 3.25. The number of halogens is 1. The van der Waals surface area contributed by atoms with Gasteiger partial charge in [0.15, 0.2) is 11.6 Å². The van der Waals surface area contributed by atoms with Crippen LogP contribution in [-0.2, 0) is 0 Å². The first kappa shape index (κ1) is 10.1. The van der Waals surface area contributed by atoms with E-state index in [1.54, 1.807) is 11.3 Å². The summed E-state index contributed by atoms with van der Waals surface area (Å²) in [6.45, 7) is 0. The van der Waals surface area contributed by atoms with Crippen LogP contribution in [0, 0.1) is 3.57 Å². The van der Waals surface area contributed by atoms with E-state index >= 15 is 0 Å². The van der Waals surface area contributed by atoms with Crippen LogP contribution >= 0.6 is 33.9 Å². The van der Waals surface area contributed by atoms with E-state index in [9.17, 15) is 0 Å². The normalized spacial score (nSPS) is 11.1. The summed E-state index contributed by atoms with van der Waals surface area (Å²) < 4.78 is 7.36. The molecular formula is C11H7IN2OS. The van der Waals surface area contributed by atoms with Gasteiger partial charge in [0, 0.05) is 4.70 Å². The molecule has 0 aliphatic carbocycles. The fraction of sp³-hybridized carbons (Fsp3) is 0. The largest absolute Gasteiger partial charge is 0.380 e. The first-order chi connectivity index (χ1) is 7.75. The van der Waals surface area contributed by atoms with Gasteiger partial charge in [-0.05, 0) is 40.1 Å². The van der Waals surface area contributed by atoms with Gasteiger partial charge in [-0.25, -0.2) is 0 Å². The first-order valence-corrected chi connectivity index (χ1v) is 6.55. The summed E-state index contributed by atoms with van der Waals surface area (Å²) in [5.74, 6) is 1.22. The number of rotatable bonds is 1. The number of hydrogen-bond donors (Lipinski definition) is 1. The van der Waals surface area contributed by atoms with Crippen LogP contribution in [0.2, 0.25) is 0 Å². The number of nitrogen functional groups attached to an aromatic ring is 1. The Morgan fingerprint density at radius 3 is 2.81 bits per heavy atom. The fourth-order valence-electron chi connectivity index (χ4n) is 1.54. The average molecular weight is 342 g/mol. The summed E-state index contributed by atoms with van der Waals surface area (Å²) in [6, 6.07) is 10.3. The molecule has 0 bridgehead atoms. The SMILES string of the molecule is Nc1noc(-c2cc3ccccc3s2)c1I. The molecule has 1 aromatic carbocycles. The Hall–Kier alpha value is -1.08. The van der Waals surface area contributed by atoms with Crippen LogP contribution in [0.4, 0.5) is 5.82 Å². The second-order valence-electron chi connectivity index (χ2n) is 3.36. The highest BCUT2D eigenvalue weighted by molar-refractivity contribution is 14.1. The van der Waals surface area contributed by atoms with Crippen molar-refractivity contribution in [3.05, 3.63) is 33.9 Å². The summed E-state index contributed by atoms with van der Waals surface area (Å²) in [6.07, 6.45) is 0. The predicted octanol–water partition coefficient (Wildman–Crippen LogP) is 3.74. The minimum atomic E-state index is 0.452. The van der Waals surface area contributed by atoms with Gasteiger partial charge in [0.1, 0.15) is 3.57 Å². The van der Waals surface area contributed by atoms with Gasteiger partial charge >= 0.3 is 0 Å². The lowest BCUT2D eigenvalue weighted by Crippen LogP contribution is -1.85. The van der Waals surface area contributed by atoms with E-state index in [0.29, 0.717) is 5.82 Å². The van der Waals surface area contributed by atoms with E-state index in [1.165, 1.54) is 10.1 Å². The predicted molar refractivity (Wildman–Crippen MR) is 74.5 cm³/mol. The zero-order valence-electron chi connectivity index (χ0n) is 8.11. The van der Waals surface area contributed by atoms with Gasteiger partial charge in [-0.3, -0.25) is 0 Å². The molecule has 0 saturated heterocycles. The van der Waals surface area contributed by atoms with Gasteiger partial charge in [0.25, 0.3) is 0 Å². The average Bonchev–Trinajstić information content (AvgIpc) is 2.84. The maximum absolute atomic E-state index is 5.66. The van der Waals surface area contributed by atoms with Crippen LogP contribution in [0.5, 0.6) is 0 Å². The summed E-state index contributed by atoms with van der Waals surface area (Å²) in [7, 11) is 0. The van der Waals surface area contributed by atoms with Crippen LogP contribution in [0.25, 0.3) is 20.7 Å². The molecule has 0 fully saturated rings. The Bertz CT molecular complexity index is 626. The van der Waals surface area contributed by atoms with E-state index in [0.717, 1.165) is 14.2 Å². The lowest BCUT2D eigenvalue weighted by molar-refractivity contribution is 0.436. The first-order valence-electron chi connectivity index (χ1n) is 4.65. The lowest BCUT2D eigenvalue weighted by Gasteiger charge is -1.88. The lowest BCUT2D eigenvalue weighted by atomic mass is 10.2.